The highest BCUT2D eigenvalue weighted by Gasteiger charge is 2.21. The molecule has 1 rings (SSSR count). The number of nitrogens with zero attached hydrogens (tertiary/aromatic N) is 1. The van der Waals surface area contributed by atoms with Crippen LogP contribution in [0.25, 0.3) is 0 Å². The van der Waals surface area contributed by atoms with Gasteiger partial charge in [0.2, 0.25) is 5.82 Å². The molecular weight excluding hydrogens is 281 g/mol. The third kappa shape index (κ3) is 2.99. The molecule has 0 unspecified atom stereocenters. The van der Waals surface area contributed by atoms with E-state index in [2.05, 4.69) is 15.9 Å². The van der Waals surface area contributed by atoms with Crippen molar-refractivity contribution in [2.45, 2.75) is 19.3 Å². The Labute approximate surface area is 100 Å². The van der Waals surface area contributed by atoms with E-state index in [-0.39, 0.29) is 11.1 Å². The topological polar surface area (TPSA) is 63.4 Å². The van der Waals surface area contributed by atoms with Crippen molar-refractivity contribution in [3.63, 3.8) is 0 Å². The summed E-state index contributed by atoms with van der Waals surface area (Å²) in [6.45, 7) is 0.0345. The van der Waals surface area contributed by atoms with Gasteiger partial charge in [-0.25, -0.2) is 0 Å². The maximum Gasteiger partial charge on any atom is 0.309 e. The molecule has 0 spiro atoms. The molecule has 0 heterocycles. The van der Waals surface area contributed by atoms with Crippen molar-refractivity contribution in [1.29, 1.82) is 0 Å². The van der Waals surface area contributed by atoms with Crippen LogP contribution in [-0.2, 0) is 6.42 Å². The van der Waals surface area contributed by atoms with Gasteiger partial charge in [0.05, 0.1) is 9.40 Å². The smallest absolute Gasteiger partial charge is 0.309 e. The molecule has 0 aliphatic heterocycles. The summed E-state index contributed by atoms with van der Waals surface area (Å²) in [6, 6.07) is 2.99. The number of rotatable bonds is 5. The highest BCUT2D eigenvalue weighted by Crippen LogP contribution is 2.29. The molecule has 1 aromatic carbocycles. The number of hydrogen-bond acceptors (Lipinski definition) is 3. The molecule has 0 saturated carbocycles. The number of nitro benzene ring substituents is 1. The molecule has 0 aromatic heterocycles. The first-order chi connectivity index (χ1) is 7.57. The van der Waals surface area contributed by atoms with Crippen LogP contribution < -0.4 is 0 Å². The van der Waals surface area contributed by atoms with Gasteiger partial charge in [0.25, 0.3) is 0 Å². The predicted octanol–water partition coefficient (Wildman–Crippen LogP) is 2.81. The van der Waals surface area contributed by atoms with Crippen LogP contribution in [0.2, 0.25) is 0 Å². The summed E-state index contributed by atoms with van der Waals surface area (Å²) in [7, 11) is 0. The van der Waals surface area contributed by atoms with Gasteiger partial charge in [0.15, 0.2) is 0 Å². The van der Waals surface area contributed by atoms with Crippen molar-refractivity contribution >= 4 is 21.6 Å². The van der Waals surface area contributed by atoms with E-state index >= 15 is 0 Å². The second kappa shape index (κ2) is 5.91. The molecule has 0 atom stereocenters. The van der Waals surface area contributed by atoms with Crippen molar-refractivity contribution in [3.8, 4) is 0 Å². The molecule has 0 aliphatic rings. The van der Waals surface area contributed by atoms with Gasteiger partial charge in [-0.2, -0.15) is 4.39 Å². The van der Waals surface area contributed by atoms with E-state index in [0.717, 1.165) is 0 Å². The lowest BCUT2D eigenvalue weighted by molar-refractivity contribution is -0.388. The molecule has 1 aromatic rings. The molecule has 0 aliphatic carbocycles. The van der Waals surface area contributed by atoms with E-state index in [1.165, 1.54) is 12.1 Å². The zero-order valence-corrected chi connectivity index (χ0v) is 10.0. The third-order valence-corrected chi connectivity index (χ3v) is 2.80. The lowest BCUT2D eigenvalue weighted by atomic mass is 10.1. The van der Waals surface area contributed by atoms with Gasteiger partial charge in [-0.1, -0.05) is 6.07 Å². The van der Waals surface area contributed by atoms with Gasteiger partial charge in [0.1, 0.15) is 0 Å². The van der Waals surface area contributed by atoms with Gasteiger partial charge in [0, 0.05) is 12.2 Å². The van der Waals surface area contributed by atoms with Gasteiger partial charge in [-0.3, -0.25) is 10.1 Å². The highest BCUT2D eigenvalue weighted by atomic mass is 79.9. The van der Waals surface area contributed by atoms with Gasteiger partial charge >= 0.3 is 5.69 Å². The van der Waals surface area contributed by atoms with Crippen molar-refractivity contribution in [3.05, 3.63) is 38.1 Å². The third-order valence-electron chi connectivity index (χ3n) is 2.19. The Morgan fingerprint density at radius 3 is 2.69 bits per heavy atom. The summed E-state index contributed by atoms with van der Waals surface area (Å²) in [5, 5.41) is 19.3. The summed E-state index contributed by atoms with van der Waals surface area (Å²) in [5.74, 6) is -0.841. The first-order valence-corrected chi connectivity index (χ1v) is 5.59. The minimum atomic E-state index is -0.841. The Morgan fingerprint density at radius 2 is 2.12 bits per heavy atom. The van der Waals surface area contributed by atoms with Crippen molar-refractivity contribution in [1.82, 2.24) is 0 Å². The molecule has 0 amide bonds. The normalized spacial score (nSPS) is 10.4. The van der Waals surface area contributed by atoms with Crippen LogP contribution in [0.1, 0.15) is 18.4 Å². The number of aliphatic hydroxyl groups excluding tert-OH is 1. The fraction of sp³-hybridized carbons (Fsp3) is 0.400. The van der Waals surface area contributed by atoms with E-state index in [0.29, 0.717) is 24.8 Å². The molecule has 0 radical (unpaired) electrons. The Hall–Kier alpha value is -1.01. The molecular formula is C10H11BrFNO3. The molecule has 6 heteroatoms. The molecule has 0 saturated heterocycles. The number of aliphatic hydroxyl groups is 1. The predicted molar refractivity (Wildman–Crippen MR) is 60.8 cm³/mol. The second-order valence-corrected chi connectivity index (χ2v) is 4.16. The number of unbranched alkanes of at least 4 members (excludes halogenated alkanes) is 1. The number of aryl methyl sites for hydroxylation is 1. The number of nitro groups is 1. The summed E-state index contributed by atoms with van der Waals surface area (Å²) >= 11 is 2.91. The Morgan fingerprint density at radius 1 is 1.44 bits per heavy atom. The Kier molecular flexibility index (Phi) is 4.82. The molecule has 16 heavy (non-hydrogen) atoms. The monoisotopic (exact) mass is 291 g/mol. The van der Waals surface area contributed by atoms with Crippen LogP contribution in [0.15, 0.2) is 16.6 Å². The van der Waals surface area contributed by atoms with Crippen molar-refractivity contribution < 1.29 is 14.4 Å². The molecule has 0 fully saturated rings. The van der Waals surface area contributed by atoms with Crippen molar-refractivity contribution in [2.24, 2.45) is 0 Å². The zero-order chi connectivity index (χ0) is 12.1. The van der Waals surface area contributed by atoms with Crippen LogP contribution in [-0.4, -0.2) is 16.6 Å². The van der Waals surface area contributed by atoms with E-state index in [4.69, 9.17) is 5.11 Å². The first-order valence-electron chi connectivity index (χ1n) is 4.80. The second-order valence-electron chi connectivity index (χ2n) is 3.31. The highest BCUT2D eigenvalue weighted by molar-refractivity contribution is 9.10. The molecule has 4 nitrogen and oxygen atoms in total. The van der Waals surface area contributed by atoms with E-state index in [1.807, 2.05) is 0 Å². The largest absolute Gasteiger partial charge is 0.396 e. The minimum Gasteiger partial charge on any atom is -0.396 e. The summed E-state index contributed by atoms with van der Waals surface area (Å²) in [4.78, 5) is 10.0. The first kappa shape index (κ1) is 13.1. The zero-order valence-electron chi connectivity index (χ0n) is 8.45. The fourth-order valence-electron chi connectivity index (χ4n) is 1.41. The Balaban J connectivity index is 2.99. The number of halogens is 2. The van der Waals surface area contributed by atoms with Crippen LogP contribution in [0.4, 0.5) is 10.1 Å². The molecule has 88 valence electrons. The maximum atomic E-state index is 13.5. The molecule has 1 N–H and O–H groups in total. The van der Waals surface area contributed by atoms with Crippen LogP contribution >= 0.6 is 15.9 Å². The standard InChI is InChI=1S/C10H11BrFNO3/c11-8-5-4-7(3-1-2-6-14)10(9(8)12)13(15)16/h4-5,14H,1-3,6H2. The number of hydrogen-bond donors (Lipinski definition) is 1. The lowest BCUT2D eigenvalue weighted by Crippen LogP contribution is -2.00. The fourth-order valence-corrected chi connectivity index (χ4v) is 1.73. The van der Waals surface area contributed by atoms with Crippen LogP contribution in [0, 0.1) is 15.9 Å². The van der Waals surface area contributed by atoms with Gasteiger partial charge in [-0.15, -0.1) is 0 Å². The van der Waals surface area contributed by atoms with Gasteiger partial charge in [-0.05, 0) is 41.3 Å². The average Bonchev–Trinajstić information content (AvgIpc) is 2.23. The summed E-state index contributed by atoms with van der Waals surface area (Å²) in [6.07, 6.45) is 1.54. The molecule has 0 bridgehead atoms. The van der Waals surface area contributed by atoms with Gasteiger partial charge < -0.3 is 5.11 Å². The van der Waals surface area contributed by atoms with Crippen LogP contribution in [0.5, 0.6) is 0 Å². The van der Waals surface area contributed by atoms with E-state index < -0.39 is 16.4 Å². The van der Waals surface area contributed by atoms with Crippen LogP contribution in [0.3, 0.4) is 0 Å². The average molecular weight is 292 g/mol. The summed E-state index contributed by atoms with van der Waals surface area (Å²) in [5.41, 5.74) is -0.119. The minimum absolute atomic E-state index is 0.0345. The number of benzene rings is 1. The Bertz CT molecular complexity index is 398. The quantitative estimate of drug-likeness (QED) is 0.515. The maximum absolute atomic E-state index is 13.5. The van der Waals surface area contributed by atoms with E-state index in [9.17, 15) is 14.5 Å². The summed E-state index contributed by atoms with van der Waals surface area (Å²) < 4.78 is 13.6. The lowest BCUT2D eigenvalue weighted by Gasteiger charge is -2.04. The van der Waals surface area contributed by atoms with Crippen molar-refractivity contribution in [2.75, 3.05) is 6.61 Å². The van der Waals surface area contributed by atoms with E-state index in [1.54, 1.807) is 0 Å². The SMILES string of the molecule is O=[N+]([O-])c1c(CCCCO)ccc(Br)c1F.